The van der Waals surface area contributed by atoms with Gasteiger partial charge in [0.1, 0.15) is 10.7 Å². The molecule has 0 aliphatic heterocycles. The molecule has 0 amide bonds. The minimum atomic E-state index is -4.01. The van der Waals surface area contributed by atoms with Gasteiger partial charge in [0.25, 0.3) is 0 Å². The first kappa shape index (κ1) is 15.5. The smallest absolute Gasteiger partial charge is 0.243 e. The fourth-order valence-electron chi connectivity index (χ4n) is 1.67. The number of hydrogen-bond donors (Lipinski definition) is 2. The molecular weight excluding hydrogens is 301 g/mol. The first-order chi connectivity index (χ1) is 9.92. The number of sulfonamides is 1. The number of aliphatic hydroxyl groups excluding tert-OH is 1. The van der Waals surface area contributed by atoms with E-state index in [4.69, 9.17) is 9.63 Å². The molecule has 9 heteroatoms. The summed E-state index contributed by atoms with van der Waals surface area (Å²) in [5, 5.41) is 12.6. The summed E-state index contributed by atoms with van der Waals surface area (Å²) in [5.74, 6) is -0.135. The van der Waals surface area contributed by atoms with Gasteiger partial charge in [-0.2, -0.15) is 4.98 Å². The monoisotopic (exact) mass is 315 g/mol. The van der Waals surface area contributed by atoms with E-state index in [1.165, 1.54) is 6.07 Å². The Balaban J connectivity index is 2.07. The average Bonchev–Trinajstić information content (AvgIpc) is 2.84. The van der Waals surface area contributed by atoms with Gasteiger partial charge < -0.3 is 9.63 Å². The molecule has 2 rings (SSSR count). The van der Waals surface area contributed by atoms with Gasteiger partial charge in [-0.3, -0.25) is 0 Å². The van der Waals surface area contributed by atoms with Crippen LogP contribution in [0.5, 0.6) is 0 Å². The Morgan fingerprint density at radius 3 is 2.81 bits per heavy atom. The van der Waals surface area contributed by atoms with E-state index < -0.39 is 20.7 Å². The maximum Gasteiger partial charge on any atom is 0.243 e. The molecule has 2 aromatic rings. The molecule has 0 aliphatic rings. The maximum absolute atomic E-state index is 13.6. The topological polar surface area (TPSA) is 105 Å². The fraction of sp³-hybridized carbons (Fsp3) is 0.333. The van der Waals surface area contributed by atoms with Crippen LogP contribution >= 0.6 is 0 Å². The van der Waals surface area contributed by atoms with Gasteiger partial charge in [-0.1, -0.05) is 11.2 Å². The Bertz CT molecular complexity index is 730. The normalized spacial score (nSPS) is 11.8. The van der Waals surface area contributed by atoms with Crippen molar-refractivity contribution in [2.45, 2.75) is 24.8 Å². The van der Waals surface area contributed by atoms with Crippen LogP contribution in [0.4, 0.5) is 4.39 Å². The van der Waals surface area contributed by atoms with Crippen molar-refractivity contribution in [2.75, 3.05) is 6.54 Å². The third-order valence-corrected chi connectivity index (χ3v) is 4.15. The minimum absolute atomic E-state index is 0.00407. The molecule has 7 nitrogen and oxygen atoms in total. The molecule has 0 saturated carbocycles. The van der Waals surface area contributed by atoms with Crippen molar-refractivity contribution in [3.8, 4) is 0 Å². The van der Waals surface area contributed by atoms with E-state index in [1.807, 2.05) is 0 Å². The predicted octanol–water partition coefficient (Wildman–Crippen LogP) is 0.530. The first-order valence-corrected chi connectivity index (χ1v) is 7.59. The molecule has 0 aliphatic carbocycles. The van der Waals surface area contributed by atoms with E-state index in [-0.39, 0.29) is 19.6 Å². The van der Waals surface area contributed by atoms with E-state index in [0.29, 0.717) is 17.3 Å². The van der Waals surface area contributed by atoms with Crippen LogP contribution in [0.1, 0.15) is 17.3 Å². The van der Waals surface area contributed by atoms with E-state index in [9.17, 15) is 12.8 Å². The van der Waals surface area contributed by atoms with E-state index in [0.717, 1.165) is 12.1 Å². The van der Waals surface area contributed by atoms with Crippen LogP contribution in [0.3, 0.4) is 0 Å². The standard InChI is InChI=1S/C12H14FN3O4S/c1-8-15-12(16-20-8)4-5-14-21(18,19)11-6-9(7-17)2-3-10(11)13/h2-3,6,14,17H,4-5,7H2,1H3. The summed E-state index contributed by atoms with van der Waals surface area (Å²) < 4.78 is 44.7. The molecule has 1 aromatic heterocycles. The van der Waals surface area contributed by atoms with Crippen molar-refractivity contribution < 1.29 is 22.4 Å². The number of aryl methyl sites for hydroxylation is 1. The lowest BCUT2D eigenvalue weighted by Gasteiger charge is -2.08. The van der Waals surface area contributed by atoms with Crippen molar-refractivity contribution in [3.05, 3.63) is 41.3 Å². The number of benzene rings is 1. The number of nitrogens with zero attached hydrogens (tertiary/aromatic N) is 2. The predicted molar refractivity (Wildman–Crippen MR) is 70.3 cm³/mol. The summed E-state index contributed by atoms with van der Waals surface area (Å²) >= 11 is 0. The van der Waals surface area contributed by atoms with Crippen molar-refractivity contribution in [1.29, 1.82) is 0 Å². The SMILES string of the molecule is Cc1nc(CCNS(=O)(=O)c2cc(CO)ccc2F)no1. The van der Waals surface area contributed by atoms with Crippen molar-refractivity contribution in [3.63, 3.8) is 0 Å². The van der Waals surface area contributed by atoms with Gasteiger partial charge in [0, 0.05) is 19.9 Å². The lowest BCUT2D eigenvalue weighted by molar-refractivity contribution is 0.281. The maximum atomic E-state index is 13.6. The first-order valence-electron chi connectivity index (χ1n) is 6.10. The van der Waals surface area contributed by atoms with E-state index in [1.54, 1.807) is 6.92 Å². The molecule has 0 spiro atoms. The molecule has 2 N–H and O–H groups in total. The van der Waals surface area contributed by atoms with Crippen LogP contribution in [0, 0.1) is 12.7 Å². The largest absolute Gasteiger partial charge is 0.392 e. The highest BCUT2D eigenvalue weighted by atomic mass is 32.2. The van der Waals surface area contributed by atoms with Crippen LogP contribution < -0.4 is 4.72 Å². The summed E-state index contributed by atoms with van der Waals surface area (Å²) in [6.45, 7) is 1.26. The molecule has 21 heavy (non-hydrogen) atoms. The third-order valence-electron chi connectivity index (χ3n) is 2.68. The van der Waals surface area contributed by atoms with Crippen LogP contribution in [-0.2, 0) is 23.1 Å². The van der Waals surface area contributed by atoms with Crippen LogP contribution in [-0.4, -0.2) is 30.2 Å². The number of nitrogens with one attached hydrogen (secondary N) is 1. The second kappa shape index (κ2) is 6.29. The number of halogens is 1. The Labute approximate surface area is 120 Å². The van der Waals surface area contributed by atoms with Gasteiger partial charge in [0.2, 0.25) is 15.9 Å². The Morgan fingerprint density at radius 2 is 2.19 bits per heavy atom. The van der Waals surface area contributed by atoms with Crippen molar-refractivity contribution in [1.82, 2.24) is 14.9 Å². The third kappa shape index (κ3) is 3.84. The fourth-order valence-corrected chi connectivity index (χ4v) is 2.83. The Hall–Kier alpha value is -1.84. The highest BCUT2D eigenvalue weighted by Crippen LogP contribution is 2.16. The van der Waals surface area contributed by atoms with Crippen LogP contribution in [0.25, 0.3) is 0 Å². The number of aliphatic hydroxyl groups is 1. The zero-order valence-corrected chi connectivity index (χ0v) is 12.0. The van der Waals surface area contributed by atoms with Gasteiger partial charge in [-0.05, 0) is 17.7 Å². The molecule has 0 unspecified atom stereocenters. The zero-order chi connectivity index (χ0) is 15.5. The number of hydrogen-bond acceptors (Lipinski definition) is 6. The number of aromatic nitrogens is 2. The van der Waals surface area contributed by atoms with Gasteiger partial charge in [0.15, 0.2) is 5.82 Å². The molecule has 1 aromatic carbocycles. The molecule has 0 radical (unpaired) electrons. The zero-order valence-electron chi connectivity index (χ0n) is 11.2. The lowest BCUT2D eigenvalue weighted by Crippen LogP contribution is -2.27. The molecule has 0 fully saturated rings. The number of rotatable bonds is 6. The van der Waals surface area contributed by atoms with E-state index >= 15 is 0 Å². The van der Waals surface area contributed by atoms with E-state index in [2.05, 4.69) is 14.9 Å². The summed E-state index contributed by atoms with van der Waals surface area (Å²) in [6.07, 6.45) is 0.220. The highest BCUT2D eigenvalue weighted by Gasteiger charge is 2.19. The molecule has 0 bridgehead atoms. The van der Waals surface area contributed by atoms with Gasteiger partial charge in [-0.25, -0.2) is 17.5 Å². The summed E-state index contributed by atoms with van der Waals surface area (Å²) in [6, 6.07) is 3.41. The molecule has 114 valence electrons. The summed E-state index contributed by atoms with van der Waals surface area (Å²) in [4.78, 5) is 3.43. The molecule has 1 heterocycles. The quantitative estimate of drug-likeness (QED) is 0.805. The minimum Gasteiger partial charge on any atom is -0.392 e. The van der Waals surface area contributed by atoms with Crippen molar-refractivity contribution >= 4 is 10.0 Å². The van der Waals surface area contributed by atoms with Crippen LogP contribution in [0.2, 0.25) is 0 Å². The summed E-state index contributed by atoms with van der Waals surface area (Å²) in [5.41, 5.74) is 0.311. The Kier molecular flexibility index (Phi) is 4.66. The highest BCUT2D eigenvalue weighted by molar-refractivity contribution is 7.89. The Morgan fingerprint density at radius 1 is 1.43 bits per heavy atom. The summed E-state index contributed by atoms with van der Waals surface area (Å²) in [7, 11) is -4.01. The van der Waals surface area contributed by atoms with Gasteiger partial charge in [-0.15, -0.1) is 0 Å². The molecule has 0 saturated heterocycles. The van der Waals surface area contributed by atoms with Gasteiger partial charge >= 0.3 is 0 Å². The lowest BCUT2D eigenvalue weighted by atomic mass is 10.2. The van der Waals surface area contributed by atoms with Crippen molar-refractivity contribution in [2.24, 2.45) is 0 Å². The molecular formula is C12H14FN3O4S. The van der Waals surface area contributed by atoms with Gasteiger partial charge in [0.05, 0.1) is 6.61 Å². The van der Waals surface area contributed by atoms with Crippen LogP contribution in [0.15, 0.2) is 27.6 Å². The second-order valence-corrected chi connectivity index (χ2v) is 6.04. The molecule has 0 atom stereocenters. The average molecular weight is 315 g/mol. The second-order valence-electron chi connectivity index (χ2n) is 4.30.